The van der Waals surface area contributed by atoms with Crippen LogP contribution in [0.25, 0.3) is 0 Å². The van der Waals surface area contributed by atoms with Gasteiger partial charge in [0.25, 0.3) is 0 Å². The number of halogens is 2. The van der Waals surface area contributed by atoms with E-state index < -0.39 is 5.97 Å². The summed E-state index contributed by atoms with van der Waals surface area (Å²) in [6, 6.07) is 4.93. The molecule has 0 N–H and O–H groups in total. The van der Waals surface area contributed by atoms with Crippen molar-refractivity contribution in [2.24, 2.45) is 0 Å². The lowest BCUT2D eigenvalue weighted by atomic mass is 10.1. The maximum atomic E-state index is 11.5. The first-order chi connectivity index (χ1) is 7.11. The molecule has 1 aromatic rings. The lowest BCUT2D eigenvalue weighted by Crippen LogP contribution is -2.07. The monoisotopic (exact) mass is 287 g/mol. The highest BCUT2D eigenvalue weighted by Gasteiger charge is 2.16. The molecule has 0 radical (unpaired) electrons. The van der Waals surface area contributed by atoms with E-state index in [0.717, 1.165) is 0 Å². The topological polar surface area (TPSA) is 50.1 Å². The highest BCUT2D eigenvalue weighted by molar-refractivity contribution is 9.10. The highest BCUT2D eigenvalue weighted by Crippen LogP contribution is 2.28. The maximum absolute atomic E-state index is 11.5. The van der Waals surface area contributed by atoms with Gasteiger partial charge in [0.05, 0.1) is 27.2 Å². The van der Waals surface area contributed by atoms with E-state index in [1.165, 1.54) is 6.07 Å². The molecule has 0 bridgehead atoms. The number of ether oxygens (including phenoxy) is 1. The summed E-state index contributed by atoms with van der Waals surface area (Å²) in [7, 11) is 0. The molecule has 3 nitrogen and oxygen atoms in total. The van der Waals surface area contributed by atoms with Crippen LogP contribution < -0.4 is 0 Å². The molecule has 15 heavy (non-hydrogen) atoms. The van der Waals surface area contributed by atoms with E-state index >= 15 is 0 Å². The Morgan fingerprint density at radius 1 is 1.67 bits per heavy atom. The number of rotatable bonds is 2. The van der Waals surface area contributed by atoms with Gasteiger partial charge in [-0.1, -0.05) is 11.6 Å². The van der Waals surface area contributed by atoms with E-state index in [1.54, 1.807) is 13.0 Å². The van der Waals surface area contributed by atoms with Crippen LogP contribution in [0.5, 0.6) is 0 Å². The van der Waals surface area contributed by atoms with Crippen molar-refractivity contribution in [1.29, 1.82) is 5.26 Å². The van der Waals surface area contributed by atoms with Gasteiger partial charge in [-0.15, -0.1) is 0 Å². The molecule has 5 heteroatoms. The Bertz CT molecular complexity index is 440. The number of nitrogens with zero attached hydrogens (tertiary/aromatic N) is 1. The second kappa shape index (κ2) is 5.15. The molecular formula is C10H7BrClNO2. The Labute approximate surface area is 101 Å². The molecule has 0 aromatic heterocycles. The lowest BCUT2D eigenvalue weighted by molar-refractivity contribution is 0.0526. The fraction of sp³-hybridized carbons (Fsp3) is 0.200. The zero-order chi connectivity index (χ0) is 11.4. The first kappa shape index (κ1) is 12.0. The summed E-state index contributed by atoms with van der Waals surface area (Å²) >= 11 is 8.94. The molecule has 0 aliphatic carbocycles. The van der Waals surface area contributed by atoms with E-state index in [0.29, 0.717) is 9.50 Å². The minimum Gasteiger partial charge on any atom is -0.462 e. The maximum Gasteiger partial charge on any atom is 0.339 e. The van der Waals surface area contributed by atoms with Crippen LogP contribution in [-0.4, -0.2) is 12.6 Å². The molecule has 0 fully saturated rings. The first-order valence-electron chi connectivity index (χ1n) is 4.17. The van der Waals surface area contributed by atoms with E-state index in [9.17, 15) is 4.79 Å². The molecule has 0 aliphatic rings. The fourth-order valence-electron chi connectivity index (χ4n) is 1.04. The van der Waals surface area contributed by atoms with Crippen LogP contribution in [0.1, 0.15) is 22.8 Å². The van der Waals surface area contributed by atoms with Gasteiger partial charge in [-0.05, 0) is 35.0 Å². The zero-order valence-electron chi connectivity index (χ0n) is 7.88. The predicted octanol–water partition coefficient (Wildman–Crippen LogP) is 3.15. The van der Waals surface area contributed by atoms with Crippen molar-refractivity contribution in [3.05, 3.63) is 32.8 Å². The predicted molar refractivity (Wildman–Crippen MR) is 59.8 cm³/mol. The van der Waals surface area contributed by atoms with Crippen molar-refractivity contribution in [3.8, 4) is 6.07 Å². The Hall–Kier alpha value is -1.05. The van der Waals surface area contributed by atoms with Crippen LogP contribution in [0.4, 0.5) is 0 Å². The minimum atomic E-state index is -0.522. The number of carbonyl (C=O) groups is 1. The smallest absolute Gasteiger partial charge is 0.339 e. The van der Waals surface area contributed by atoms with Gasteiger partial charge in [0.1, 0.15) is 6.07 Å². The molecule has 0 saturated heterocycles. The van der Waals surface area contributed by atoms with Crippen LogP contribution in [-0.2, 0) is 4.74 Å². The summed E-state index contributed by atoms with van der Waals surface area (Å²) in [6.07, 6.45) is 0. The summed E-state index contributed by atoms with van der Waals surface area (Å²) in [5.41, 5.74) is 0.413. The summed E-state index contributed by atoms with van der Waals surface area (Å²) in [5.74, 6) is -0.522. The normalized spacial score (nSPS) is 9.47. The number of carbonyl (C=O) groups excluding carboxylic acids is 1. The van der Waals surface area contributed by atoms with Gasteiger partial charge in [-0.3, -0.25) is 0 Å². The zero-order valence-corrected chi connectivity index (χ0v) is 10.2. The summed E-state index contributed by atoms with van der Waals surface area (Å²) < 4.78 is 5.23. The molecule has 0 heterocycles. The van der Waals surface area contributed by atoms with Crippen LogP contribution in [0.3, 0.4) is 0 Å². The van der Waals surface area contributed by atoms with Gasteiger partial charge >= 0.3 is 5.97 Å². The minimum absolute atomic E-state index is 0.195. The lowest BCUT2D eigenvalue weighted by Gasteiger charge is -2.06. The number of hydrogen-bond donors (Lipinski definition) is 0. The van der Waals surface area contributed by atoms with Gasteiger partial charge in [0.2, 0.25) is 0 Å². The van der Waals surface area contributed by atoms with Crippen molar-refractivity contribution < 1.29 is 9.53 Å². The molecule has 0 saturated carbocycles. The Morgan fingerprint density at radius 2 is 2.33 bits per heavy atom. The molecule has 0 amide bonds. The molecule has 0 unspecified atom stereocenters. The third-order valence-corrected chi connectivity index (χ3v) is 3.07. The van der Waals surface area contributed by atoms with Gasteiger partial charge in [0, 0.05) is 0 Å². The molecule has 1 rings (SSSR count). The average molecular weight is 289 g/mol. The Morgan fingerprint density at radius 3 is 2.87 bits per heavy atom. The second-order valence-electron chi connectivity index (χ2n) is 2.62. The summed E-state index contributed by atoms with van der Waals surface area (Å²) in [4.78, 5) is 11.5. The van der Waals surface area contributed by atoms with Gasteiger partial charge in [0.15, 0.2) is 0 Å². The van der Waals surface area contributed by atoms with Crippen molar-refractivity contribution in [3.63, 3.8) is 0 Å². The first-order valence-corrected chi connectivity index (χ1v) is 5.34. The van der Waals surface area contributed by atoms with Crippen LogP contribution in [0, 0.1) is 11.3 Å². The standard InChI is InChI=1S/C10H7BrClNO2/c1-2-15-10(14)6-3-4-8(12)9(11)7(6)5-13/h3-4H,2H2,1H3. The Balaban J connectivity index is 3.26. The van der Waals surface area contributed by atoms with Crippen molar-refractivity contribution in [2.45, 2.75) is 6.92 Å². The summed E-state index contributed by atoms with van der Waals surface area (Å²) in [5, 5.41) is 9.28. The van der Waals surface area contributed by atoms with E-state index in [1.807, 2.05) is 6.07 Å². The SMILES string of the molecule is CCOC(=O)c1ccc(Cl)c(Br)c1C#N. The van der Waals surface area contributed by atoms with Gasteiger partial charge in [-0.25, -0.2) is 4.79 Å². The number of benzene rings is 1. The largest absolute Gasteiger partial charge is 0.462 e. The Kier molecular flexibility index (Phi) is 4.13. The third kappa shape index (κ3) is 2.49. The molecule has 1 aromatic carbocycles. The molecular weight excluding hydrogens is 281 g/mol. The fourth-order valence-corrected chi connectivity index (χ4v) is 1.63. The van der Waals surface area contributed by atoms with E-state index in [-0.39, 0.29) is 17.7 Å². The third-order valence-electron chi connectivity index (χ3n) is 1.70. The molecule has 0 spiro atoms. The second-order valence-corrected chi connectivity index (χ2v) is 3.82. The van der Waals surface area contributed by atoms with Crippen LogP contribution in [0.2, 0.25) is 5.02 Å². The van der Waals surface area contributed by atoms with Crippen LogP contribution in [0.15, 0.2) is 16.6 Å². The highest BCUT2D eigenvalue weighted by atomic mass is 79.9. The number of esters is 1. The van der Waals surface area contributed by atoms with Crippen molar-refractivity contribution in [2.75, 3.05) is 6.61 Å². The van der Waals surface area contributed by atoms with Crippen LogP contribution >= 0.6 is 27.5 Å². The average Bonchev–Trinajstić information content (AvgIpc) is 2.22. The summed E-state index contributed by atoms with van der Waals surface area (Å²) in [6.45, 7) is 1.97. The quantitative estimate of drug-likeness (QED) is 0.786. The van der Waals surface area contributed by atoms with Crippen molar-refractivity contribution >= 4 is 33.5 Å². The van der Waals surface area contributed by atoms with E-state index in [2.05, 4.69) is 15.9 Å². The van der Waals surface area contributed by atoms with Gasteiger partial charge < -0.3 is 4.74 Å². The van der Waals surface area contributed by atoms with E-state index in [4.69, 9.17) is 21.6 Å². The molecule has 78 valence electrons. The van der Waals surface area contributed by atoms with Gasteiger partial charge in [-0.2, -0.15) is 5.26 Å². The van der Waals surface area contributed by atoms with Crippen molar-refractivity contribution in [1.82, 2.24) is 0 Å². The molecule has 0 atom stereocenters. The number of hydrogen-bond acceptors (Lipinski definition) is 3. The number of nitriles is 1. The molecule has 0 aliphatic heterocycles.